The molecule has 0 aliphatic carbocycles. The Balaban J connectivity index is 1.72. The number of hydrogen-bond acceptors (Lipinski definition) is 4. The summed E-state index contributed by atoms with van der Waals surface area (Å²) < 4.78 is 10.9. The molecule has 0 bridgehead atoms. The van der Waals surface area contributed by atoms with E-state index >= 15 is 0 Å². The highest BCUT2D eigenvalue weighted by molar-refractivity contribution is 6.42. The third-order valence-electron chi connectivity index (χ3n) is 3.30. The van der Waals surface area contributed by atoms with Crippen molar-refractivity contribution in [3.63, 3.8) is 0 Å². The molecule has 0 spiro atoms. The maximum Gasteiger partial charge on any atom is 0.119 e. The molecule has 0 aromatic heterocycles. The molecule has 24 heavy (non-hydrogen) atoms. The summed E-state index contributed by atoms with van der Waals surface area (Å²) in [7, 11) is 0. The number of rotatable bonds is 10. The smallest absolute Gasteiger partial charge is 0.119 e. The first kappa shape index (κ1) is 19.0. The van der Waals surface area contributed by atoms with Crippen molar-refractivity contribution >= 4 is 23.2 Å². The van der Waals surface area contributed by atoms with E-state index < -0.39 is 0 Å². The minimum Gasteiger partial charge on any atom is -0.489 e. The summed E-state index contributed by atoms with van der Waals surface area (Å²) >= 11 is 11.9. The van der Waals surface area contributed by atoms with Gasteiger partial charge in [0.2, 0.25) is 0 Å². The number of nitrogens with one attached hydrogen (secondary N) is 1. The monoisotopic (exact) mass is 369 g/mol. The molecule has 2 aromatic rings. The van der Waals surface area contributed by atoms with Crippen LogP contribution in [0.15, 0.2) is 42.5 Å². The standard InChI is InChI=1S/C18H21Cl2NO3/c19-17-6-3-15(11-18(17)20)13-24-16-4-1-14(2-5-16)12-21-7-9-23-10-8-22/h1-6,11,21-22H,7-10,12-13H2. The van der Waals surface area contributed by atoms with Crippen LogP contribution in [0, 0.1) is 0 Å². The van der Waals surface area contributed by atoms with Gasteiger partial charge in [-0.1, -0.05) is 41.4 Å². The van der Waals surface area contributed by atoms with E-state index in [1.165, 1.54) is 5.56 Å². The minimum atomic E-state index is 0.0592. The zero-order chi connectivity index (χ0) is 17.2. The van der Waals surface area contributed by atoms with Crippen LogP contribution in [0.2, 0.25) is 10.0 Å². The van der Waals surface area contributed by atoms with Gasteiger partial charge in [0.05, 0.1) is 29.9 Å². The van der Waals surface area contributed by atoms with E-state index in [1.54, 1.807) is 12.1 Å². The van der Waals surface area contributed by atoms with Crippen LogP contribution in [0.5, 0.6) is 5.75 Å². The Hall–Kier alpha value is -1.30. The van der Waals surface area contributed by atoms with E-state index in [0.29, 0.717) is 29.9 Å². The van der Waals surface area contributed by atoms with Gasteiger partial charge in [0, 0.05) is 13.1 Å². The fourth-order valence-electron chi connectivity index (χ4n) is 2.04. The van der Waals surface area contributed by atoms with Gasteiger partial charge < -0.3 is 19.9 Å². The molecular weight excluding hydrogens is 349 g/mol. The number of hydrogen-bond donors (Lipinski definition) is 2. The van der Waals surface area contributed by atoms with Gasteiger partial charge in [-0.15, -0.1) is 0 Å². The van der Waals surface area contributed by atoms with Gasteiger partial charge in [-0.05, 0) is 35.4 Å². The van der Waals surface area contributed by atoms with Crippen molar-refractivity contribution < 1.29 is 14.6 Å². The van der Waals surface area contributed by atoms with Gasteiger partial charge in [-0.3, -0.25) is 0 Å². The van der Waals surface area contributed by atoms with Gasteiger partial charge in [-0.2, -0.15) is 0 Å². The average molecular weight is 370 g/mol. The molecule has 130 valence electrons. The maximum atomic E-state index is 8.60. The lowest BCUT2D eigenvalue weighted by atomic mass is 10.2. The molecule has 0 atom stereocenters. The van der Waals surface area contributed by atoms with E-state index in [-0.39, 0.29) is 6.61 Å². The summed E-state index contributed by atoms with van der Waals surface area (Å²) in [5.74, 6) is 0.802. The van der Waals surface area contributed by atoms with Crippen molar-refractivity contribution in [1.82, 2.24) is 5.32 Å². The largest absolute Gasteiger partial charge is 0.489 e. The van der Waals surface area contributed by atoms with Crippen molar-refractivity contribution in [1.29, 1.82) is 0 Å². The molecule has 0 unspecified atom stereocenters. The van der Waals surface area contributed by atoms with Crippen LogP contribution in [-0.4, -0.2) is 31.5 Å². The molecule has 0 amide bonds. The zero-order valence-electron chi connectivity index (χ0n) is 13.3. The molecule has 6 heteroatoms. The Morgan fingerprint density at radius 2 is 1.67 bits per heavy atom. The molecule has 0 heterocycles. The second-order valence-electron chi connectivity index (χ2n) is 5.19. The molecule has 0 aliphatic rings. The van der Waals surface area contributed by atoms with Gasteiger partial charge in [-0.25, -0.2) is 0 Å². The summed E-state index contributed by atoms with van der Waals surface area (Å²) in [6.07, 6.45) is 0. The maximum absolute atomic E-state index is 8.60. The van der Waals surface area contributed by atoms with Crippen LogP contribution in [-0.2, 0) is 17.9 Å². The Morgan fingerprint density at radius 3 is 2.38 bits per heavy atom. The van der Waals surface area contributed by atoms with Crippen molar-refractivity contribution in [2.45, 2.75) is 13.2 Å². The summed E-state index contributed by atoms with van der Waals surface area (Å²) in [5.41, 5.74) is 2.14. The average Bonchev–Trinajstić information content (AvgIpc) is 2.60. The molecule has 0 radical (unpaired) electrons. The van der Waals surface area contributed by atoms with Crippen LogP contribution in [0.1, 0.15) is 11.1 Å². The molecule has 0 saturated heterocycles. The Labute approximate surface area is 152 Å². The minimum absolute atomic E-state index is 0.0592. The Bertz CT molecular complexity index is 620. The molecule has 0 aliphatic heterocycles. The predicted molar refractivity (Wildman–Crippen MR) is 96.8 cm³/mol. The lowest BCUT2D eigenvalue weighted by Crippen LogP contribution is -2.19. The highest BCUT2D eigenvalue weighted by atomic mass is 35.5. The van der Waals surface area contributed by atoms with Crippen molar-refractivity contribution in [3.05, 3.63) is 63.6 Å². The van der Waals surface area contributed by atoms with E-state index in [2.05, 4.69) is 5.32 Å². The third kappa shape index (κ3) is 6.67. The van der Waals surface area contributed by atoms with Gasteiger partial charge in [0.15, 0.2) is 0 Å². The SMILES string of the molecule is OCCOCCNCc1ccc(OCc2ccc(Cl)c(Cl)c2)cc1. The quantitative estimate of drug-likeness (QED) is 0.627. The fraction of sp³-hybridized carbons (Fsp3) is 0.333. The van der Waals surface area contributed by atoms with Gasteiger partial charge >= 0.3 is 0 Å². The molecule has 4 nitrogen and oxygen atoms in total. The molecule has 2 aromatic carbocycles. The second-order valence-corrected chi connectivity index (χ2v) is 6.01. The molecule has 2 rings (SSSR count). The zero-order valence-corrected chi connectivity index (χ0v) is 14.8. The first-order valence-electron chi connectivity index (χ1n) is 7.74. The van der Waals surface area contributed by atoms with Crippen molar-refractivity contribution in [2.24, 2.45) is 0 Å². The van der Waals surface area contributed by atoms with Crippen LogP contribution >= 0.6 is 23.2 Å². The number of ether oxygens (including phenoxy) is 2. The van der Waals surface area contributed by atoms with Gasteiger partial charge in [0.25, 0.3) is 0 Å². The van der Waals surface area contributed by atoms with Crippen LogP contribution in [0.3, 0.4) is 0 Å². The molecule has 0 saturated carbocycles. The van der Waals surface area contributed by atoms with Crippen LogP contribution in [0.4, 0.5) is 0 Å². The normalized spacial score (nSPS) is 10.8. The summed E-state index contributed by atoms with van der Waals surface area (Å²) in [6, 6.07) is 13.4. The lowest BCUT2D eigenvalue weighted by Gasteiger charge is -2.09. The first-order valence-corrected chi connectivity index (χ1v) is 8.49. The summed E-state index contributed by atoms with van der Waals surface area (Å²) in [5, 5.41) is 12.9. The Morgan fingerprint density at radius 1 is 0.917 bits per heavy atom. The topological polar surface area (TPSA) is 50.7 Å². The van der Waals surface area contributed by atoms with Crippen molar-refractivity contribution in [2.75, 3.05) is 26.4 Å². The second kappa shape index (κ2) is 10.5. The number of aliphatic hydroxyl groups excluding tert-OH is 1. The van der Waals surface area contributed by atoms with E-state index in [1.807, 2.05) is 30.3 Å². The summed E-state index contributed by atoms with van der Waals surface area (Å²) in [4.78, 5) is 0. The highest BCUT2D eigenvalue weighted by Gasteiger charge is 2.01. The first-order chi connectivity index (χ1) is 11.7. The summed E-state index contributed by atoms with van der Waals surface area (Å²) in [6.45, 7) is 2.98. The van der Waals surface area contributed by atoms with Crippen LogP contribution < -0.4 is 10.1 Å². The highest BCUT2D eigenvalue weighted by Crippen LogP contribution is 2.23. The van der Waals surface area contributed by atoms with Crippen molar-refractivity contribution in [3.8, 4) is 5.75 Å². The lowest BCUT2D eigenvalue weighted by molar-refractivity contribution is 0.0938. The fourth-order valence-corrected chi connectivity index (χ4v) is 2.36. The van der Waals surface area contributed by atoms with E-state index in [9.17, 15) is 0 Å². The van der Waals surface area contributed by atoms with E-state index in [0.717, 1.165) is 24.4 Å². The number of halogens is 2. The number of aliphatic hydroxyl groups is 1. The molecular formula is C18H21Cl2NO3. The third-order valence-corrected chi connectivity index (χ3v) is 4.04. The molecule has 2 N–H and O–H groups in total. The number of benzene rings is 2. The Kier molecular flexibility index (Phi) is 8.36. The molecule has 0 fully saturated rings. The van der Waals surface area contributed by atoms with Gasteiger partial charge in [0.1, 0.15) is 12.4 Å². The predicted octanol–water partition coefficient (Wildman–Crippen LogP) is 3.67. The van der Waals surface area contributed by atoms with Crippen LogP contribution in [0.25, 0.3) is 0 Å². The van der Waals surface area contributed by atoms with E-state index in [4.69, 9.17) is 37.8 Å².